The van der Waals surface area contributed by atoms with Gasteiger partial charge in [-0.2, -0.15) is 4.98 Å². The highest BCUT2D eigenvalue weighted by Crippen LogP contribution is 2.29. The molecule has 0 bridgehead atoms. The summed E-state index contributed by atoms with van der Waals surface area (Å²) < 4.78 is 27.3. The van der Waals surface area contributed by atoms with E-state index in [0.717, 1.165) is 6.26 Å². The molecular weight excluding hydrogens is 266 g/mol. The summed E-state index contributed by atoms with van der Waals surface area (Å²) in [6, 6.07) is 6.98. The lowest BCUT2D eigenvalue weighted by Gasteiger charge is -2.16. The average molecular weight is 281 g/mol. The third kappa shape index (κ3) is 2.46. The van der Waals surface area contributed by atoms with Gasteiger partial charge in [0.05, 0.1) is 0 Å². The van der Waals surface area contributed by atoms with Crippen LogP contribution in [0.25, 0.3) is 11.4 Å². The van der Waals surface area contributed by atoms with Gasteiger partial charge >= 0.3 is 0 Å². The minimum Gasteiger partial charge on any atom is -0.399 e. The second kappa shape index (κ2) is 4.34. The lowest BCUT2D eigenvalue weighted by atomic mass is 10.2. The van der Waals surface area contributed by atoms with E-state index < -0.39 is 14.6 Å². The van der Waals surface area contributed by atoms with Crippen LogP contribution < -0.4 is 5.73 Å². The Bertz CT molecular complexity index is 705. The Morgan fingerprint density at radius 2 is 2.00 bits per heavy atom. The summed E-state index contributed by atoms with van der Waals surface area (Å²) in [5.74, 6) is 0.381. The van der Waals surface area contributed by atoms with Gasteiger partial charge in [-0.05, 0) is 26.0 Å². The van der Waals surface area contributed by atoms with E-state index in [1.165, 1.54) is 13.8 Å². The third-order valence-electron chi connectivity index (χ3n) is 3.01. The Morgan fingerprint density at radius 1 is 1.32 bits per heavy atom. The number of sulfone groups is 1. The zero-order valence-electron chi connectivity index (χ0n) is 10.9. The smallest absolute Gasteiger partial charge is 0.247 e. The summed E-state index contributed by atoms with van der Waals surface area (Å²) in [4.78, 5) is 4.15. The molecule has 0 radical (unpaired) electrons. The van der Waals surface area contributed by atoms with Gasteiger partial charge < -0.3 is 10.3 Å². The Labute approximate surface area is 111 Å². The molecule has 6 nitrogen and oxygen atoms in total. The molecule has 0 atom stereocenters. The second-order valence-corrected chi connectivity index (χ2v) is 7.40. The minimum absolute atomic E-state index is 0.0624. The summed E-state index contributed by atoms with van der Waals surface area (Å²) in [6.07, 6.45) is 1.14. The lowest BCUT2D eigenvalue weighted by Crippen LogP contribution is -2.28. The highest BCUT2D eigenvalue weighted by molar-refractivity contribution is 7.91. The highest BCUT2D eigenvalue weighted by Gasteiger charge is 2.38. The van der Waals surface area contributed by atoms with Crippen LogP contribution in [0.2, 0.25) is 0 Å². The fourth-order valence-electron chi connectivity index (χ4n) is 1.42. The van der Waals surface area contributed by atoms with Crippen molar-refractivity contribution in [2.24, 2.45) is 0 Å². The predicted molar refractivity (Wildman–Crippen MR) is 72.0 cm³/mol. The quantitative estimate of drug-likeness (QED) is 0.858. The number of hydrogen-bond donors (Lipinski definition) is 1. The third-order valence-corrected chi connectivity index (χ3v) is 5.04. The molecule has 0 aliphatic heterocycles. The van der Waals surface area contributed by atoms with Gasteiger partial charge in [-0.3, -0.25) is 0 Å². The van der Waals surface area contributed by atoms with E-state index in [0.29, 0.717) is 17.1 Å². The maximum absolute atomic E-state index is 11.7. The van der Waals surface area contributed by atoms with Crippen LogP contribution in [0.15, 0.2) is 28.8 Å². The molecule has 1 heterocycles. The van der Waals surface area contributed by atoms with E-state index in [9.17, 15) is 8.42 Å². The van der Waals surface area contributed by atoms with Crippen molar-refractivity contribution in [3.63, 3.8) is 0 Å². The van der Waals surface area contributed by atoms with Gasteiger partial charge in [0.1, 0.15) is 4.75 Å². The SMILES string of the molecule is CC(C)(c1nc(-c2cccc(N)c2)no1)S(C)(=O)=O. The summed E-state index contributed by atoms with van der Waals surface area (Å²) >= 11 is 0. The Kier molecular flexibility index (Phi) is 3.09. The van der Waals surface area contributed by atoms with E-state index >= 15 is 0 Å². The molecule has 0 saturated heterocycles. The molecule has 1 aromatic heterocycles. The molecule has 2 aromatic rings. The van der Waals surface area contributed by atoms with Gasteiger partial charge in [-0.15, -0.1) is 0 Å². The van der Waals surface area contributed by atoms with Crippen LogP contribution in [0, 0.1) is 0 Å². The van der Waals surface area contributed by atoms with Crippen molar-refractivity contribution in [1.82, 2.24) is 10.1 Å². The summed E-state index contributed by atoms with van der Waals surface area (Å²) in [5.41, 5.74) is 6.93. The van der Waals surface area contributed by atoms with E-state index in [1.54, 1.807) is 24.3 Å². The minimum atomic E-state index is -3.35. The van der Waals surface area contributed by atoms with Crippen LogP contribution in [0.4, 0.5) is 5.69 Å². The van der Waals surface area contributed by atoms with Gasteiger partial charge in [0, 0.05) is 17.5 Å². The molecule has 102 valence electrons. The number of nitrogens with two attached hydrogens (primary N) is 1. The number of rotatable bonds is 3. The Morgan fingerprint density at radius 3 is 2.58 bits per heavy atom. The largest absolute Gasteiger partial charge is 0.399 e. The molecule has 0 amide bonds. The van der Waals surface area contributed by atoms with E-state index in [-0.39, 0.29) is 5.89 Å². The number of nitrogens with zero attached hydrogens (tertiary/aromatic N) is 2. The number of nitrogen functional groups attached to an aromatic ring is 1. The van der Waals surface area contributed by atoms with Crippen LogP contribution in [0.1, 0.15) is 19.7 Å². The molecule has 0 aliphatic carbocycles. The standard InChI is InChI=1S/C12H15N3O3S/c1-12(2,19(3,16)17)11-14-10(15-18-11)8-5-4-6-9(13)7-8/h4-7H,13H2,1-3H3. The molecule has 0 aliphatic rings. The van der Waals surface area contributed by atoms with E-state index in [2.05, 4.69) is 10.1 Å². The van der Waals surface area contributed by atoms with Crippen LogP contribution >= 0.6 is 0 Å². The first kappa shape index (κ1) is 13.5. The van der Waals surface area contributed by atoms with Crippen LogP contribution in [0.3, 0.4) is 0 Å². The van der Waals surface area contributed by atoms with E-state index in [1.807, 2.05) is 0 Å². The van der Waals surface area contributed by atoms with Crippen molar-refractivity contribution in [3.05, 3.63) is 30.2 Å². The van der Waals surface area contributed by atoms with Crippen LogP contribution in [-0.4, -0.2) is 24.8 Å². The Hall–Kier alpha value is -1.89. The second-order valence-electron chi connectivity index (χ2n) is 4.83. The normalized spacial score (nSPS) is 12.6. The first-order valence-corrected chi connectivity index (χ1v) is 7.50. The van der Waals surface area contributed by atoms with Crippen molar-refractivity contribution >= 4 is 15.5 Å². The predicted octanol–water partition coefficient (Wildman–Crippen LogP) is 1.60. The molecule has 2 rings (SSSR count). The van der Waals surface area contributed by atoms with Crippen LogP contribution in [0.5, 0.6) is 0 Å². The topological polar surface area (TPSA) is 99.1 Å². The molecule has 1 aromatic carbocycles. The maximum atomic E-state index is 11.7. The van der Waals surface area contributed by atoms with Gasteiger partial charge in [-0.25, -0.2) is 8.42 Å². The van der Waals surface area contributed by atoms with Crippen molar-refractivity contribution in [3.8, 4) is 11.4 Å². The molecule has 0 spiro atoms. The average Bonchev–Trinajstić information content (AvgIpc) is 2.77. The highest BCUT2D eigenvalue weighted by atomic mass is 32.2. The summed E-state index contributed by atoms with van der Waals surface area (Å²) in [7, 11) is -3.35. The van der Waals surface area contributed by atoms with Crippen molar-refractivity contribution in [1.29, 1.82) is 0 Å². The number of anilines is 1. The van der Waals surface area contributed by atoms with Gasteiger partial charge in [0.15, 0.2) is 9.84 Å². The molecule has 19 heavy (non-hydrogen) atoms. The summed E-state index contributed by atoms with van der Waals surface area (Å²) in [5, 5.41) is 3.80. The van der Waals surface area contributed by atoms with Gasteiger partial charge in [0.25, 0.3) is 0 Å². The molecule has 7 heteroatoms. The van der Waals surface area contributed by atoms with Crippen LogP contribution in [-0.2, 0) is 14.6 Å². The zero-order chi connectivity index (χ0) is 14.3. The molecule has 0 saturated carbocycles. The molecular formula is C12H15N3O3S. The number of benzene rings is 1. The molecule has 0 unspecified atom stereocenters. The first-order valence-electron chi connectivity index (χ1n) is 5.61. The van der Waals surface area contributed by atoms with Gasteiger partial charge in [0.2, 0.25) is 11.7 Å². The monoisotopic (exact) mass is 281 g/mol. The van der Waals surface area contributed by atoms with Crippen molar-refractivity contribution < 1.29 is 12.9 Å². The maximum Gasteiger partial charge on any atom is 0.247 e. The fourth-order valence-corrected chi connectivity index (χ4v) is 1.82. The van der Waals surface area contributed by atoms with Gasteiger partial charge in [-0.1, -0.05) is 17.3 Å². The first-order chi connectivity index (χ1) is 8.72. The lowest BCUT2D eigenvalue weighted by molar-refractivity contribution is 0.348. The molecule has 0 fully saturated rings. The van der Waals surface area contributed by atoms with Crippen molar-refractivity contribution in [2.45, 2.75) is 18.6 Å². The fraction of sp³-hybridized carbons (Fsp3) is 0.333. The Balaban J connectivity index is 2.46. The zero-order valence-corrected chi connectivity index (χ0v) is 11.7. The number of hydrogen-bond acceptors (Lipinski definition) is 6. The van der Waals surface area contributed by atoms with E-state index in [4.69, 9.17) is 10.3 Å². The number of aromatic nitrogens is 2. The van der Waals surface area contributed by atoms with Crippen molar-refractivity contribution in [2.75, 3.05) is 12.0 Å². The molecule has 2 N–H and O–H groups in total. The summed E-state index contributed by atoms with van der Waals surface area (Å²) in [6.45, 7) is 3.05.